The molecule has 4 heteroatoms. The van der Waals surface area contributed by atoms with Gasteiger partial charge in [-0.2, -0.15) is 0 Å². The molecular weight excluding hydrogens is 292 g/mol. The minimum Gasteiger partial charge on any atom is -0.388 e. The molecule has 0 radical (unpaired) electrons. The molecule has 0 bridgehead atoms. The van der Waals surface area contributed by atoms with Crippen LogP contribution in [0.3, 0.4) is 0 Å². The van der Waals surface area contributed by atoms with Gasteiger partial charge in [0.25, 0.3) is 0 Å². The van der Waals surface area contributed by atoms with Crippen LogP contribution in [0.2, 0.25) is 0 Å². The smallest absolute Gasteiger partial charge is 0.114 e. The van der Waals surface area contributed by atoms with E-state index in [0.717, 1.165) is 11.1 Å². The van der Waals surface area contributed by atoms with E-state index in [2.05, 4.69) is 0 Å². The molecule has 2 aromatic rings. The van der Waals surface area contributed by atoms with Crippen LogP contribution >= 0.6 is 0 Å². The molecule has 1 saturated heterocycles. The van der Waals surface area contributed by atoms with Gasteiger partial charge in [-0.3, -0.25) is 0 Å². The van der Waals surface area contributed by atoms with Crippen molar-refractivity contribution in [2.75, 3.05) is 13.2 Å². The molecule has 0 spiro atoms. The monoisotopic (exact) mass is 315 g/mol. The summed E-state index contributed by atoms with van der Waals surface area (Å²) in [6.45, 7) is -0.00432. The molecule has 1 aliphatic heterocycles. The second-order valence-electron chi connectivity index (χ2n) is 5.56. The van der Waals surface area contributed by atoms with Crippen molar-refractivity contribution in [1.82, 2.24) is 0 Å². The highest BCUT2D eigenvalue weighted by Crippen LogP contribution is 2.19. The van der Waals surface area contributed by atoms with Crippen LogP contribution in [0.25, 0.3) is 0 Å². The maximum absolute atomic E-state index is 10.3. The summed E-state index contributed by atoms with van der Waals surface area (Å²) in [4.78, 5) is 0. The number of hydrogen-bond acceptors (Lipinski definition) is 4. The van der Waals surface area contributed by atoms with Gasteiger partial charge in [0.15, 0.2) is 0 Å². The fourth-order valence-corrected chi connectivity index (χ4v) is 2.53. The van der Waals surface area contributed by atoms with Crippen molar-refractivity contribution in [2.45, 2.75) is 31.5 Å². The molecule has 23 heavy (non-hydrogen) atoms. The Morgan fingerprint density at radius 2 is 1.52 bits per heavy atom. The van der Waals surface area contributed by atoms with E-state index in [1.165, 1.54) is 0 Å². The third-order valence-corrected chi connectivity index (χ3v) is 3.79. The molecule has 0 aromatic heterocycles. The standard InChI is InChI=1S/C19H22O4/c20-17-13-21-14-18(22-11-15-7-3-1-4-8-15)19(17)23-12-16-9-5-2-6-10-16/h1-10,17-20H,11-14H2/t17-,18-,19+/m0/s1/i13D/t13-,17-,18-,19+. The summed E-state index contributed by atoms with van der Waals surface area (Å²) in [6.07, 6.45) is -2.04. The molecule has 1 fully saturated rings. The van der Waals surface area contributed by atoms with Gasteiger partial charge in [-0.1, -0.05) is 60.7 Å². The van der Waals surface area contributed by atoms with E-state index in [1.54, 1.807) is 0 Å². The molecule has 4 nitrogen and oxygen atoms in total. The van der Waals surface area contributed by atoms with E-state index < -0.39 is 24.9 Å². The number of ether oxygens (including phenoxy) is 3. The molecule has 0 unspecified atom stereocenters. The van der Waals surface area contributed by atoms with E-state index >= 15 is 0 Å². The van der Waals surface area contributed by atoms with Gasteiger partial charge in [0.2, 0.25) is 0 Å². The Bertz CT molecular complexity index is 607. The van der Waals surface area contributed by atoms with Crippen molar-refractivity contribution in [3.8, 4) is 0 Å². The van der Waals surface area contributed by atoms with Gasteiger partial charge in [-0.25, -0.2) is 0 Å². The lowest BCUT2D eigenvalue weighted by atomic mass is 10.1. The lowest BCUT2D eigenvalue weighted by Gasteiger charge is -2.35. The average Bonchev–Trinajstić information content (AvgIpc) is 2.63. The van der Waals surface area contributed by atoms with Gasteiger partial charge in [-0.05, 0) is 11.1 Å². The fraction of sp³-hybridized carbons (Fsp3) is 0.368. The van der Waals surface area contributed by atoms with Crippen LogP contribution in [0.1, 0.15) is 12.5 Å². The normalized spacial score (nSPS) is 28.3. The van der Waals surface area contributed by atoms with Crippen LogP contribution in [-0.2, 0) is 27.4 Å². The third kappa shape index (κ3) is 4.62. The first-order chi connectivity index (χ1) is 11.7. The van der Waals surface area contributed by atoms with E-state index in [-0.39, 0.29) is 6.61 Å². The van der Waals surface area contributed by atoms with Crippen molar-refractivity contribution in [1.29, 1.82) is 0 Å². The summed E-state index contributed by atoms with van der Waals surface area (Å²) in [5.74, 6) is 0. The van der Waals surface area contributed by atoms with Gasteiger partial charge >= 0.3 is 0 Å². The molecule has 122 valence electrons. The zero-order valence-electron chi connectivity index (χ0n) is 13.9. The topological polar surface area (TPSA) is 47.9 Å². The van der Waals surface area contributed by atoms with Crippen molar-refractivity contribution >= 4 is 0 Å². The van der Waals surface area contributed by atoms with Crippen LogP contribution in [-0.4, -0.2) is 36.6 Å². The van der Waals surface area contributed by atoms with Crippen LogP contribution in [0, 0.1) is 0 Å². The second-order valence-corrected chi connectivity index (χ2v) is 5.56. The van der Waals surface area contributed by atoms with E-state index in [0.29, 0.717) is 13.2 Å². The Hall–Kier alpha value is -1.72. The molecule has 0 aliphatic carbocycles. The number of benzene rings is 2. The van der Waals surface area contributed by atoms with E-state index in [1.807, 2.05) is 60.7 Å². The van der Waals surface area contributed by atoms with Gasteiger partial charge in [0, 0.05) is 0 Å². The van der Waals surface area contributed by atoms with Gasteiger partial charge < -0.3 is 19.3 Å². The van der Waals surface area contributed by atoms with Gasteiger partial charge in [0.05, 0.1) is 27.8 Å². The van der Waals surface area contributed by atoms with E-state index in [4.69, 9.17) is 15.6 Å². The summed E-state index contributed by atoms with van der Waals surface area (Å²) < 4.78 is 24.8. The quantitative estimate of drug-likeness (QED) is 0.890. The number of aliphatic hydroxyl groups is 1. The Kier molecular flexibility index (Phi) is 5.31. The average molecular weight is 315 g/mol. The SMILES string of the molecule is [2H][C@@H]1OC[C@H](OCc2ccccc2)[C@H](OCc2ccccc2)[C@H]1O. The number of aliphatic hydroxyl groups excluding tert-OH is 1. The van der Waals surface area contributed by atoms with Gasteiger partial charge in [-0.15, -0.1) is 0 Å². The largest absolute Gasteiger partial charge is 0.388 e. The molecule has 0 amide bonds. The first-order valence-electron chi connectivity index (χ1n) is 8.35. The Morgan fingerprint density at radius 1 is 0.957 bits per heavy atom. The predicted octanol–water partition coefficient (Wildman–Crippen LogP) is 2.55. The molecule has 3 rings (SSSR count). The summed E-state index contributed by atoms with van der Waals surface area (Å²) in [5, 5.41) is 10.3. The van der Waals surface area contributed by atoms with Crippen LogP contribution in [0.5, 0.6) is 0 Å². The Morgan fingerprint density at radius 3 is 2.13 bits per heavy atom. The lowest BCUT2D eigenvalue weighted by molar-refractivity contribution is -0.195. The predicted molar refractivity (Wildman–Crippen MR) is 86.9 cm³/mol. The maximum Gasteiger partial charge on any atom is 0.114 e. The summed E-state index contributed by atoms with van der Waals surface area (Å²) in [6, 6.07) is 19.6. The van der Waals surface area contributed by atoms with Gasteiger partial charge in [0.1, 0.15) is 18.3 Å². The molecular formula is C19H22O4. The summed E-state index contributed by atoms with van der Waals surface area (Å²) in [5.41, 5.74) is 2.06. The molecule has 0 saturated carbocycles. The first-order valence-corrected chi connectivity index (χ1v) is 7.77. The minimum atomic E-state index is -1.04. The minimum absolute atomic E-state index is 0.234. The highest BCUT2D eigenvalue weighted by molar-refractivity contribution is 5.14. The van der Waals surface area contributed by atoms with Crippen LogP contribution < -0.4 is 0 Å². The number of rotatable bonds is 6. The first kappa shape index (κ1) is 14.8. The Labute approximate surface area is 138 Å². The highest BCUT2D eigenvalue weighted by atomic mass is 16.6. The zero-order chi connectivity index (χ0) is 16.8. The molecule has 1 heterocycles. The molecule has 4 atom stereocenters. The highest BCUT2D eigenvalue weighted by Gasteiger charge is 2.34. The molecule has 2 aromatic carbocycles. The second kappa shape index (κ2) is 8.22. The lowest BCUT2D eigenvalue weighted by Crippen LogP contribution is -2.50. The fourth-order valence-electron chi connectivity index (χ4n) is 2.53. The summed E-state index contributed by atoms with van der Waals surface area (Å²) >= 11 is 0. The third-order valence-electron chi connectivity index (χ3n) is 3.79. The van der Waals surface area contributed by atoms with Crippen molar-refractivity contribution < 1.29 is 20.7 Å². The summed E-state index contributed by atoms with van der Waals surface area (Å²) in [7, 11) is 0. The van der Waals surface area contributed by atoms with Crippen molar-refractivity contribution in [2.24, 2.45) is 0 Å². The molecule has 1 N–H and O–H groups in total. The Balaban J connectivity index is 1.61. The van der Waals surface area contributed by atoms with Crippen molar-refractivity contribution in [3.63, 3.8) is 0 Å². The zero-order valence-corrected chi connectivity index (χ0v) is 12.9. The van der Waals surface area contributed by atoms with Crippen molar-refractivity contribution in [3.05, 3.63) is 71.8 Å². The maximum atomic E-state index is 10.3. The van der Waals surface area contributed by atoms with Crippen LogP contribution in [0.4, 0.5) is 0 Å². The van der Waals surface area contributed by atoms with Crippen LogP contribution in [0.15, 0.2) is 60.7 Å². The molecule has 1 aliphatic rings. The number of hydrogen-bond donors (Lipinski definition) is 1. The van der Waals surface area contributed by atoms with E-state index in [9.17, 15) is 5.11 Å².